The molecule has 3 aromatic rings. The number of rotatable bonds is 4. The van der Waals surface area contributed by atoms with E-state index in [1.54, 1.807) is 12.1 Å². The van der Waals surface area contributed by atoms with Crippen LogP contribution in [0, 0.1) is 6.92 Å². The Bertz CT molecular complexity index is 957. The van der Waals surface area contributed by atoms with Gasteiger partial charge in [-0.1, -0.05) is 30.7 Å². The third kappa shape index (κ3) is 3.38. The first-order valence-corrected chi connectivity index (χ1v) is 7.97. The fourth-order valence-corrected chi connectivity index (χ4v) is 2.70. The van der Waals surface area contributed by atoms with Gasteiger partial charge in [-0.3, -0.25) is 4.79 Å². The van der Waals surface area contributed by atoms with Crippen LogP contribution in [0.25, 0.3) is 11.0 Å². The standard InChI is InChI=1S/C20H19NO3/c1-3-14-7-8-18-17(10-14)16(11-19(22)24-18)12-21-20(23)15-6-4-5-13(2)9-15/h4-11H,3,12H2,1-2H3,(H,21,23). The summed E-state index contributed by atoms with van der Waals surface area (Å²) in [6, 6.07) is 14.6. The zero-order valence-corrected chi connectivity index (χ0v) is 13.8. The van der Waals surface area contributed by atoms with Gasteiger partial charge >= 0.3 is 5.63 Å². The topological polar surface area (TPSA) is 59.3 Å². The van der Waals surface area contributed by atoms with Crippen molar-refractivity contribution in [2.75, 3.05) is 0 Å². The Morgan fingerprint density at radius 2 is 1.96 bits per heavy atom. The summed E-state index contributed by atoms with van der Waals surface area (Å²) < 4.78 is 5.24. The normalized spacial score (nSPS) is 10.8. The molecule has 0 radical (unpaired) electrons. The van der Waals surface area contributed by atoms with E-state index in [0.29, 0.717) is 11.1 Å². The summed E-state index contributed by atoms with van der Waals surface area (Å²) in [4.78, 5) is 24.0. The Balaban J connectivity index is 1.89. The second-order valence-electron chi connectivity index (χ2n) is 5.83. The van der Waals surface area contributed by atoms with Crippen LogP contribution in [0.3, 0.4) is 0 Å². The average molecular weight is 321 g/mol. The van der Waals surface area contributed by atoms with Crippen molar-refractivity contribution < 1.29 is 9.21 Å². The number of hydrogen-bond donors (Lipinski definition) is 1. The summed E-state index contributed by atoms with van der Waals surface area (Å²) in [6.07, 6.45) is 0.893. The first-order chi connectivity index (χ1) is 11.6. The number of benzene rings is 2. The molecular formula is C20H19NO3. The minimum Gasteiger partial charge on any atom is -0.423 e. The average Bonchev–Trinajstić information content (AvgIpc) is 2.58. The van der Waals surface area contributed by atoms with Gasteiger partial charge in [0.1, 0.15) is 5.58 Å². The molecule has 1 N–H and O–H groups in total. The first-order valence-electron chi connectivity index (χ1n) is 7.97. The molecule has 24 heavy (non-hydrogen) atoms. The molecule has 0 spiro atoms. The molecule has 1 amide bonds. The summed E-state index contributed by atoms with van der Waals surface area (Å²) in [7, 11) is 0. The highest BCUT2D eigenvalue weighted by molar-refractivity contribution is 5.94. The van der Waals surface area contributed by atoms with Crippen LogP contribution in [0.1, 0.15) is 34.0 Å². The van der Waals surface area contributed by atoms with Crippen molar-refractivity contribution in [1.29, 1.82) is 0 Å². The van der Waals surface area contributed by atoms with Gasteiger partial charge in [0.2, 0.25) is 0 Å². The van der Waals surface area contributed by atoms with Crippen molar-refractivity contribution in [3.8, 4) is 0 Å². The third-order valence-electron chi connectivity index (χ3n) is 4.02. The molecule has 0 saturated carbocycles. The van der Waals surface area contributed by atoms with Crippen LogP contribution in [0.2, 0.25) is 0 Å². The molecule has 4 nitrogen and oxygen atoms in total. The molecule has 0 saturated heterocycles. The number of carbonyl (C=O) groups excluding carboxylic acids is 1. The molecule has 0 aliphatic carbocycles. The van der Waals surface area contributed by atoms with E-state index in [1.165, 1.54) is 6.07 Å². The van der Waals surface area contributed by atoms with Crippen LogP contribution in [0.15, 0.2) is 57.7 Å². The minimum atomic E-state index is -0.411. The van der Waals surface area contributed by atoms with E-state index >= 15 is 0 Å². The maximum absolute atomic E-state index is 12.3. The molecule has 0 atom stereocenters. The molecule has 2 aromatic carbocycles. The van der Waals surface area contributed by atoms with Crippen molar-refractivity contribution in [3.63, 3.8) is 0 Å². The van der Waals surface area contributed by atoms with Gasteiger partial charge in [-0.25, -0.2) is 4.79 Å². The zero-order chi connectivity index (χ0) is 17.1. The largest absolute Gasteiger partial charge is 0.423 e. The van der Waals surface area contributed by atoms with Crippen molar-refractivity contribution in [2.24, 2.45) is 0 Å². The van der Waals surface area contributed by atoms with E-state index in [-0.39, 0.29) is 12.5 Å². The molecular weight excluding hydrogens is 302 g/mol. The molecule has 0 unspecified atom stereocenters. The smallest absolute Gasteiger partial charge is 0.336 e. The first kappa shape index (κ1) is 16.0. The summed E-state index contributed by atoms with van der Waals surface area (Å²) in [5.74, 6) is -0.160. The van der Waals surface area contributed by atoms with Gasteiger partial charge < -0.3 is 9.73 Å². The molecule has 1 heterocycles. The maximum Gasteiger partial charge on any atom is 0.336 e. The van der Waals surface area contributed by atoms with Gasteiger partial charge in [-0.15, -0.1) is 0 Å². The molecule has 0 fully saturated rings. The SMILES string of the molecule is CCc1ccc2oc(=O)cc(CNC(=O)c3cccc(C)c3)c2c1. The summed E-state index contributed by atoms with van der Waals surface area (Å²) in [6.45, 7) is 4.29. The fraction of sp³-hybridized carbons (Fsp3) is 0.200. The number of carbonyl (C=O) groups is 1. The Kier molecular flexibility index (Phi) is 4.47. The van der Waals surface area contributed by atoms with Gasteiger partial charge in [0, 0.05) is 23.6 Å². The highest BCUT2D eigenvalue weighted by atomic mass is 16.4. The van der Waals surface area contributed by atoms with Crippen molar-refractivity contribution in [2.45, 2.75) is 26.8 Å². The fourth-order valence-electron chi connectivity index (χ4n) is 2.70. The quantitative estimate of drug-likeness (QED) is 0.747. The molecule has 122 valence electrons. The van der Waals surface area contributed by atoms with Gasteiger partial charge in [0.05, 0.1) is 0 Å². The number of amides is 1. The lowest BCUT2D eigenvalue weighted by Crippen LogP contribution is -2.23. The van der Waals surface area contributed by atoms with E-state index in [4.69, 9.17) is 4.42 Å². The van der Waals surface area contributed by atoms with E-state index in [0.717, 1.165) is 28.5 Å². The molecule has 0 bridgehead atoms. The zero-order valence-electron chi connectivity index (χ0n) is 13.8. The lowest BCUT2D eigenvalue weighted by atomic mass is 10.1. The lowest BCUT2D eigenvalue weighted by molar-refractivity contribution is 0.0951. The van der Waals surface area contributed by atoms with Crippen molar-refractivity contribution in [1.82, 2.24) is 5.32 Å². The van der Waals surface area contributed by atoms with Crippen LogP contribution in [0.5, 0.6) is 0 Å². The predicted molar refractivity (Wildman–Crippen MR) is 94.2 cm³/mol. The third-order valence-corrected chi connectivity index (χ3v) is 4.02. The minimum absolute atomic E-state index is 0.160. The Morgan fingerprint density at radius 1 is 1.12 bits per heavy atom. The number of nitrogens with one attached hydrogen (secondary N) is 1. The van der Waals surface area contributed by atoms with Crippen LogP contribution in [-0.4, -0.2) is 5.91 Å². The monoisotopic (exact) mass is 321 g/mol. The van der Waals surface area contributed by atoms with Gasteiger partial charge in [0.25, 0.3) is 5.91 Å². The Labute approximate surface area is 140 Å². The summed E-state index contributed by atoms with van der Waals surface area (Å²) >= 11 is 0. The van der Waals surface area contributed by atoms with E-state index in [2.05, 4.69) is 12.2 Å². The van der Waals surface area contributed by atoms with Crippen LogP contribution in [-0.2, 0) is 13.0 Å². The van der Waals surface area contributed by atoms with Crippen molar-refractivity contribution in [3.05, 3.63) is 81.2 Å². The highest BCUT2D eigenvalue weighted by Gasteiger charge is 2.09. The summed E-state index contributed by atoms with van der Waals surface area (Å²) in [5, 5.41) is 3.74. The van der Waals surface area contributed by atoms with E-state index in [1.807, 2.05) is 37.3 Å². The van der Waals surface area contributed by atoms with Gasteiger partial charge in [0.15, 0.2) is 0 Å². The van der Waals surface area contributed by atoms with E-state index in [9.17, 15) is 9.59 Å². The lowest BCUT2D eigenvalue weighted by Gasteiger charge is -2.09. The number of fused-ring (bicyclic) bond motifs is 1. The van der Waals surface area contributed by atoms with Gasteiger partial charge in [-0.2, -0.15) is 0 Å². The maximum atomic E-state index is 12.3. The van der Waals surface area contributed by atoms with Gasteiger partial charge in [-0.05, 0) is 48.7 Å². The van der Waals surface area contributed by atoms with Crippen LogP contribution < -0.4 is 10.9 Å². The molecule has 4 heteroatoms. The molecule has 3 rings (SSSR count). The number of aryl methyl sites for hydroxylation is 2. The Morgan fingerprint density at radius 3 is 2.71 bits per heavy atom. The van der Waals surface area contributed by atoms with Crippen LogP contribution in [0.4, 0.5) is 0 Å². The molecule has 1 aromatic heterocycles. The predicted octanol–water partition coefficient (Wildman–Crippen LogP) is 3.59. The number of hydrogen-bond acceptors (Lipinski definition) is 3. The summed E-state index contributed by atoms with van der Waals surface area (Å²) in [5.41, 5.74) is 3.68. The second-order valence-corrected chi connectivity index (χ2v) is 5.83. The second kappa shape index (κ2) is 6.71. The molecule has 0 aliphatic rings. The van der Waals surface area contributed by atoms with E-state index < -0.39 is 5.63 Å². The van der Waals surface area contributed by atoms with Crippen LogP contribution >= 0.6 is 0 Å². The molecule has 0 aliphatic heterocycles. The Hall–Kier alpha value is -2.88. The highest BCUT2D eigenvalue weighted by Crippen LogP contribution is 2.19. The van der Waals surface area contributed by atoms with Crippen molar-refractivity contribution >= 4 is 16.9 Å².